The highest BCUT2D eigenvalue weighted by atomic mass is 16.2. The largest absolute Gasteiger partial charge is 0.330 e. The van der Waals surface area contributed by atoms with Crippen molar-refractivity contribution in [1.29, 1.82) is 0 Å². The lowest BCUT2D eigenvalue weighted by Crippen LogP contribution is -2.43. The second-order valence-corrected chi connectivity index (χ2v) is 5.17. The normalized spacial score (nSPS) is 16.2. The summed E-state index contributed by atoms with van der Waals surface area (Å²) in [7, 11) is 2.01. The van der Waals surface area contributed by atoms with Crippen LogP contribution in [0.15, 0.2) is 54.4 Å². The Morgan fingerprint density at radius 2 is 1.75 bits per heavy atom. The Morgan fingerprint density at radius 3 is 2.65 bits per heavy atom. The van der Waals surface area contributed by atoms with Crippen LogP contribution in [-0.2, 0) is 6.54 Å². The minimum Gasteiger partial charge on any atom is -0.330 e. The number of hydrogen-bond donors (Lipinski definition) is 0. The molecule has 4 rings (SSSR count). The van der Waals surface area contributed by atoms with Gasteiger partial charge in [-0.1, -0.05) is 36.4 Å². The zero-order valence-electron chi connectivity index (χ0n) is 11.2. The Hall–Kier alpha value is -2.55. The van der Waals surface area contributed by atoms with Crippen LogP contribution in [0, 0.1) is 0 Å². The molecule has 0 unspecified atom stereocenters. The Kier molecular flexibility index (Phi) is 2.24. The number of benzene rings is 2. The van der Waals surface area contributed by atoms with Gasteiger partial charge in [-0.2, -0.15) is 0 Å². The number of carbonyl (C=O) groups is 1. The molecule has 0 N–H and O–H groups in total. The number of hydrogen-bond acceptors (Lipinski definition) is 2. The first kappa shape index (κ1) is 11.3. The van der Waals surface area contributed by atoms with Gasteiger partial charge in [-0.3, -0.25) is 9.69 Å². The predicted octanol–water partition coefficient (Wildman–Crippen LogP) is 3.09. The Balaban J connectivity index is 1.92. The molecule has 20 heavy (non-hydrogen) atoms. The van der Waals surface area contributed by atoms with Gasteiger partial charge in [-0.15, -0.1) is 0 Å². The number of amides is 1. The van der Waals surface area contributed by atoms with Gasteiger partial charge in [0, 0.05) is 7.05 Å². The van der Waals surface area contributed by atoms with Crippen molar-refractivity contribution >= 4 is 17.7 Å². The van der Waals surface area contributed by atoms with E-state index in [9.17, 15) is 4.79 Å². The third-order valence-electron chi connectivity index (χ3n) is 4.03. The van der Waals surface area contributed by atoms with Gasteiger partial charge in [0.2, 0.25) is 0 Å². The molecule has 0 fully saturated rings. The van der Waals surface area contributed by atoms with Gasteiger partial charge in [0.05, 0.1) is 17.8 Å². The fourth-order valence-corrected chi connectivity index (χ4v) is 2.96. The molecular formula is C17H14N2O. The highest BCUT2D eigenvalue weighted by molar-refractivity contribution is 6.04. The van der Waals surface area contributed by atoms with Crippen molar-refractivity contribution in [2.24, 2.45) is 0 Å². The summed E-state index contributed by atoms with van der Waals surface area (Å²) in [5.74, 6) is 1.03. The molecule has 2 aliphatic rings. The zero-order chi connectivity index (χ0) is 13.7. The SMILES string of the molecule is CN1C2=Cc3ccccc3CN2C(=O)c2ccccc21. The second kappa shape index (κ2) is 3.97. The van der Waals surface area contributed by atoms with Crippen LogP contribution in [0.25, 0.3) is 6.08 Å². The van der Waals surface area contributed by atoms with E-state index in [4.69, 9.17) is 0 Å². The molecule has 0 saturated heterocycles. The lowest BCUT2D eigenvalue weighted by Gasteiger charge is -2.40. The van der Waals surface area contributed by atoms with E-state index in [2.05, 4.69) is 23.1 Å². The van der Waals surface area contributed by atoms with Crippen LogP contribution < -0.4 is 4.90 Å². The van der Waals surface area contributed by atoms with Gasteiger partial charge < -0.3 is 4.90 Å². The molecule has 0 bridgehead atoms. The molecule has 1 amide bonds. The average Bonchev–Trinajstić information content (AvgIpc) is 2.51. The molecular weight excluding hydrogens is 248 g/mol. The fraction of sp³-hybridized carbons (Fsp3) is 0.118. The zero-order valence-corrected chi connectivity index (χ0v) is 11.2. The van der Waals surface area contributed by atoms with E-state index in [1.807, 2.05) is 48.3 Å². The van der Waals surface area contributed by atoms with Crippen LogP contribution >= 0.6 is 0 Å². The molecule has 0 saturated carbocycles. The van der Waals surface area contributed by atoms with Crippen LogP contribution in [0.5, 0.6) is 0 Å². The number of para-hydroxylation sites is 1. The summed E-state index contributed by atoms with van der Waals surface area (Å²) in [4.78, 5) is 16.6. The number of anilines is 1. The van der Waals surface area contributed by atoms with Crippen molar-refractivity contribution in [3.63, 3.8) is 0 Å². The minimum absolute atomic E-state index is 0.0828. The Bertz CT molecular complexity index is 748. The van der Waals surface area contributed by atoms with Crippen molar-refractivity contribution in [3.8, 4) is 0 Å². The Morgan fingerprint density at radius 1 is 1.00 bits per heavy atom. The maximum atomic E-state index is 12.7. The number of fused-ring (bicyclic) bond motifs is 3. The molecule has 98 valence electrons. The highest BCUT2D eigenvalue weighted by Gasteiger charge is 2.33. The first-order valence-corrected chi connectivity index (χ1v) is 6.70. The molecule has 2 aliphatic heterocycles. The van der Waals surface area contributed by atoms with Crippen LogP contribution in [0.1, 0.15) is 21.5 Å². The maximum absolute atomic E-state index is 12.7. The van der Waals surface area contributed by atoms with E-state index in [-0.39, 0.29) is 5.91 Å². The van der Waals surface area contributed by atoms with Crippen LogP contribution in [0.4, 0.5) is 5.69 Å². The summed E-state index contributed by atoms with van der Waals surface area (Å²) in [6, 6.07) is 16.0. The minimum atomic E-state index is 0.0828. The quantitative estimate of drug-likeness (QED) is 0.728. The maximum Gasteiger partial charge on any atom is 0.261 e. The Labute approximate surface area is 117 Å². The molecule has 0 aliphatic carbocycles. The van der Waals surface area contributed by atoms with Gasteiger partial charge in [-0.05, 0) is 29.3 Å². The monoisotopic (exact) mass is 262 g/mol. The summed E-state index contributed by atoms with van der Waals surface area (Å²) in [6.45, 7) is 0.638. The number of carbonyl (C=O) groups excluding carboxylic acids is 1. The van der Waals surface area contributed by atoms with Crippen LogP contribution in [0.3, 0.4) is 0 Å². The molecule has 3 nitrogen and oxygen atoms in total. The van der Waals surface area contributed by atoms with E-state index in [0.717, 1.165) is 17.1 Å². The number of rotatable bonds is 0. The summed E-state index contributed by atoms with van der Waals surface area (Å²) in [5.41, 5.74) is 4.13. The molecule has 3 heteroatoms. The summed E-state index contributed by atoms with van der Waals surface area (Å²) in [5, 5.41) is 0. The third-order valence-corrected chi connectivity index (χ3v) is 4.03. The van der Waals surface area contributed by atoms with Crippen molar-refractivity contribution < 1.29 is 4.79 Å². The lowest BCUT2D eigenvalue weighted by atomic mass is 9.99. The molecule has 2 heterocycles. The highest BCUT2D eigenvalue weighted by Crippen LogP contribution is 2.36. The van der Waals surface area contributed by atoms with Crippen molar-refractivity contribution in [2.75, 3.05) is 11.9 Å². The molecule has 2 aromatic carbocycles. The van der Waals surface area contributed by atoms with E-state index in [1.165, 1.54) is 11.1 Å². The summed E-state index contributed by atoms with van der Waals surface area (Å²) < 4.78 is 0. The lowest BCUT2D eigenvalue weighted by molar-refractivity contribution is 0.0783. The molecule has 0 radical (unpaired) electrons. The van der Waals surface area contributed by atoms with Gasteiger partial charge >= 0.3 is 0 Å². The topological polar surface area (TPSA) is 23.6 Å². The predicted molar refractivity (Wildman–Crippen MR) is 79.1 cm³/mol. The smallest absolute Gasteiger partial charge is 0.261 e. The molecule has 0 aromatic heterocycles. The van der Waals surface area contributed by atoms with Gasteiger partial charge in [0.25, 0.3) is 5.91 Å². The van der Waals surface area contributed by atoms with Gasteiger partial charge in [0.15, 0.2) is 0 Å². The van der Waals surface area contributed by atoms with E-state index in [0.29, 0.717) is 6.54 Å². The van der Waals surface area contributed by atoms with Crippen molar-refractivity contribution in [2.45, 2.75) is 6.54 Å². The van der Waals surface area contributed by atoms with Crippen molar-refractivity contribution in [3.05, 3.63) is 71.0 Å². The van der Waals surface area contributed by atoms with Crippen molar-refractivity contribution in [1.82, 2.24) is 4.90 Å². The van der Waals surface area contributed by atoms with Crippen LogP contribution in [0.2, 0.25) is 0 Å². The van der Waals surface area contributed by atoms with Crippen LogP contribution in [-0.4, -0.2) is 17.9 Å². The van der Waals surface area contributed by atoms with E-state index in [1.54, 1.807) is 0 Å². The second-order valence-electron chi connectivity index (χ2n) is 5.17. The first-order chi connectivity index (χ1) is 9.75. The first-order valence-electron chi connectivity index (χ1n) is 6.70. The van der Waals surface area contributed by atoms with E-state index < -0.39 is 0 Å². The van der Waals surface area contributed by atoms with Gasteiger partial charge in [0.1, 0.15) is 5.82 Å². The molecule has 0 atom stereocenters. The van der Waals surface area contributed by atoms with E-state index >= 15 is 0 Å². The summed E-state index contributed by atoms with van der Waals surface area (Å²) >= 11 is 0. The summed E-state index contributed by atoms with van der Waals surface area (Å²) in [6.07, 6.45) is 2.09. The standard InChI is InChI=1S/C17H14N2O/c1-18-15-9-5-4-8-14(15)17(20)19-11-13-7-3-2-6-12(13)10-16(18)19/h2-10H,11H2,1H3. The molecule has 2 aromatic rings. The fourth-order valence-electron chi connectivity index (χ4n) is 2.96. The third kappa shape index (κ3) is 1.43. The molecule has 0 spiro atoms. The number of nitrogens with zero attached hydrogens (tertiary/aromatic N) is 2. The van der Waals surface area contributed by atoms with Gasteiger partial charge in [-0.25, -0.2) is 0 Å². The average molecular weight is 262 g/mol.